The van der Waals surface area contributed by atoms with Gasteiger partial charge >= 0.3 is 0 Å². The number of hydrogen-bond donors (Lipinski definition) is 2. The Bertz CT molecular complexity index is 745. The van der Waals surface area contributed by atoms with Crippen LogP contribution in [-0.4, -0.2) is 36.1 Å². The van der Waals surface area contributed by atoms with Crippen LogP contribution >= 0.6 is 0 Å². The van der Waals surface area contributed by atoms with Crippen LogP contribution in [0.25, 0.3) is 0 Å². The monoisotopic (exact) mass is 342 g/mol. The third-order valence-corrected chi connectivity index (χ3v) is 4.25. The molecule has 1 heterocycles. The molecule has 0 spiro atoms. The van der Waals surface area contributed by atoms with Gasteiger partial charge in [-0.2, -0.15) is 0 Å². The Morgan fingerprint density at radius 3 is 2.56 bits per heavy atom. The first-order valence-electron chi connectivity index (χ1n) is 8.31. The van der Waals surface area contributed by atoms with E-state index >= 15 is 0 Å². The largest absolute Gasteiger partial charge is 0.493 e. The van der Waals surface area contributed by atoms with Crippen molar-refractivity contribution in [1.82, 2.24) is 15.3 Å². The van der Waals surface area contributed by atoms with E-state index < -0.39 is 0 Å². The van der Waals surface area contributed by atoms with Crippen molar-refractivity contribution in [3.8, 4) is 11.5 Å². The lowest BCUT2D eigenvalue weighted by atomic mass is 10.2. The molecule has 1 amide bonds. The molecule has 25 heavy (non-hydrogen) atoms. The number of benzene rings is 1. The molecular formula is C18H22N4O3. The number of nitrogens with zero attached hydrogens (tertiary/aromatic N) is 2. The van der Waals surface area contributed by atoms with Gasteiger partial charge in [0.15, 0.2) is 11.5 Å². The molecule has 7 nitrogen and oxygen atoms in total. The van der Waals surface area contributed by atoms with E-state index in [2.05, 4.69) is 20.6 Å². The van der Waals surface area contributed by atoms with Crippen LogP contribution < -0.4 is 20.1 Å². The SMILES string of the molecule is COc1ccc(Nc2cc(C(=O)NC3CCCC3)ncn2)cc1OC. The third-order valence-electron chi connectivity index (χ3n) is 4.25. The molecule has 1 saturated carbocycles. The topological polar surface area (TPSA) is 85.4 Å². The van der Waals surface area contributed by atoms with Crippen molar-refractivity contribution in [2.75, 3.05) is 19.5 Å². The molecule has 0 unspecified atom stereocenters. The minimum absolute atomic E-state index is 0.162. The summed E-state index contributed by atoms with van der Waals surface area (Å²) in [4.78, 5) is 20.6. The van der Waals surface area contributed by atoms with Crippen molar-refractivity contribution >= 4 is 17.4 Å². The predicted molar refractivity (Wildman–Crippen MR) is 94.6 cm³/mol. The first-order chi connectivity index (χ1) is 12.2. The van der Waals surface area contributed by atoms with E-state index in [4.69, 9.17) is 9.47 Å². The Kier molecular flexibility index (Phi) is 5.33. The Hall–Kier alpha value is -2.83. The molecule has 0 bridgehead atoms. The highest BCUT2D eigenvalue weighted by molar-refractivity contribution is 5.93. The summed E-state index contributed by atoms with van der Waals surface area (Å²) in [6, 6.07) is 7.35. The second kappa shape index (κ2) is 7.83. The maximum Gasteiger partial charge on any atom is 0.270 e. The molecule has 0 atom stereocenters. The van der Waals surface area contributed by atoms with E-state index in [0.29, 0.717) is 23.0 Å². The van der Waals surface area contributed by atoms with Crippen LogP contribution in [-0.2, 0) is 0 Å². The minimum Gasteiger partial charge on any atom is -0.493 e. The fraction of sp³-hybridized carbons (Fsp3) is 0.389. The summed E-state index contributed by atoms with van der Waals surface area (Å²) in [5, 5.41) is 6.18. The molecule has 0 saturated heterocycles. The van der Waals surface area contributed by atoms with Gasteiger partial charge in [0.05, 0.1) is 14.2 Å². The number of aromatic nitrogens is 2. The molecule has 1 fully saturated rings. The maximum atomic E-state index is 12.3. The smallest absolute Gasteiger partial charge is 0.270 e. The molecule has 0 radical (unpaired) electrons. The number of ether oxygens (including phenoxy) is 2. The van der Waals surface area contributed by atoms with Gasteiger partial charge in [-0.05, 0) is 25.0 Å². The van der Waals surface area contributed by atoms with Crippen molar-refractivity contribution in [1.29, 1.82) is 0 Å². The second-order valence-electron chi connectivity index (χ2n) is 5.94. The third kappa shape index (κ3) is 4.17. The number of nitrogens with one attached hydrogen (secondary N) is 2. The summed E-state index contributed by atoms with van der Waals surface area (Å²) in [6.45, 7) is 0. The van der Waals surface area contributed by atoms with Gasteiger partial charge in [-0.1, -0.05) is 12.8 Å². The molecule has 0 aliphatic heterocycles. The summed E-state index contributed by atoms with van der Waals surface area (Å²) in [6.07, 6.45) is 5.79. The van der Waals surface area contributed by atoms with Gasteiger partial charge in [-0.25, -0.2) is 9.97 Å². The Morgan fingerprint density at radius 1 is 1.08 bits per heavy atom. The van der Waals surface area contributed by atoms with Crippen molar-refractivity contribution in [2.45, 2.75) is 31.7 Å². The summed E-state index contributed by atoms with van der Waals surface area (Å²) in [7, 11) is 3.17. The summed E-state index contributed by atoms with van der Waals surface area (Å²) >= 11 is 0. The quantitative estimate of drug-likeness (QED) is 0.839. The van der Waals surface area contributed by atoms with Crippen LogP contribution in [0.4, 0.5) is 11.5 Å². The number of hydrogen-bond acceptors (Lipinski definition) is 6. The van der Waals surface area contributed by atoms with Crippen LogP contribution in [0.5, 0.6) is 11.5 Å². The van der Waals surface area contributed by atoms with Gasteiger partial charge in [0, 0.05) is 23.9 Å². The van der Waals surface area contributed by atoms with E-state index in [1.54, 1.807) is 32.4 Å². The molecule has 2 aromatic rings. The number of anilines is 2. The second-order valence-corrected chi connectivity index (χ2v) is 5.94. The standard InChI is InChI=1S/C18H22N4O3/c1-24-15-8-7-13(9-16(15)25-2)21-17-10-14(19-11-20-17)18(23)22-12-5-3-4-6-12/h7-12H,3-6H2,1-2H3,(H,22,23)(H,19,20,21). The maximum absolute atomic E-state index is 12.3. The van der Waals surface area contributed by atoms with Crippen molar-refractivity contribution in [3.63, 3.8) is 0 Å². The van der Waals surface area contributed by atoms with Gasteiger partial charge in [-0.3, -0.25) is 4.79 Å². The first-order valence-corrected chi connectivity index (χ1v) is 8.31. The lowest BCUT2D eigenvalue weighted by Crippen LogP contribution is -2.33. The fourth-order valence-electron chi connectivity index (χ4n) is 2.94. The molecule has 132 valence electrons. The summed E-state index contributed by atoms with van der Waals surface area (Å²) in [5.41, 5.74) is 1.13. The van der Waals surface area contributed by atoms with Gasteiger partial charge < -0.3 is 20.1 Å². The van der Waals surface area contributed by atoms with E-state index in [1.807, 2.05) is 6.07 Å². The predicted octanol–water partition coefficient (Wildman–Crippen LogP) is 2.91. The lowest BCUT2D eigenvalue weighted by molar-refractivity contribution is 0.0932. The summed E-state index contributed by atoms with van der Waals surface area (Å²) in [5.74, 6) is 1.64. The van der Waals surface area contributed by atoms with Crippen molar-refractivity contribution < 1.29 is 14.3 Å². The average Bonchev–Trinajstić information content (AvgIpc) is 3.14. The highest BCUT2D eigenvalue weighted by atomic mass is 16.5. The zero-order valence-corrected chi connectivity index (χ0v) is 14.4. The van der Waals surface area contributed by atoms with Gasteiger partial charge in [0.2, 0.25) is 0 Å². The fourth-order valence-corrected chi connectivity index (χ4v) is 2.94. The Balaban J connectivity index is 1.72. The van der Waals surface area contributed by atoms with Crippen molar-refractivity contribution in [3.05, 3.63) is 36.3 Å². The molecule has 1 aliphatic carbocycles. The van der Waals surface area contributed by atoms with Crippen molar-refractivity contribution in [2.24, 2.45) is 0 Å². The Morgan fingerprint density at radius 2 is 1.84 bits per heavy atom. The molecule has 1 aromatic carbocycles. The van der Waals surface area contributed by atoms with E-state index in [9.17, 15) is 4.79 Å². The Labute approximate surface area is 146 Å². The van der Waals surface area contributed by atoms with Gasteiger partial charge in [0.25, 0.3) is 5.91 Å². The van der Waals surface area contributed by atoms with Gasteiger partial charge in [0.1, 0.15) is 17.8 Å². The molecule has 3 rings (SSSR count). The number of rotatable bonds is 6. The molecule has 7 heteroatoms. The molecule has 1 aromatic heterocycles. The van der Waals surface area contributed by atoms with Crippen LogP contribution in [0.15, 0.2) is 30.6 Å². The van der Waals surface area contributed by atoms with Crippen LogP contribution in [0.2, 0.25) is 0 Å². The zero-order chi connectivity index (χ0) is 17.6. The molecule has 2 N–H and O–H groups in total. The lowest BCUT2D eigenvalue weighted by Gasteiger charge is -2.13. The molecule has 1 aliphatic rings. The number of carbonyl (C=O) groups is 1. The normalized spacial score (nSPS) is 14.2. The highest BCUT2D eigenvalue weighted by Gasteiger charge is 2.19. The van der Waals surface area contributed by atoms with E-state index in [0.717, 1.165) is 18.5 Å². The number of methoxy groups -OCH3 is 2. The minimum atomic E-state index is -0.162. The van der Waals surface area contributed by atoms with E-state index in [-0.39, 0.29) is 11.9 Å². The number of carbonyl (C=O) groups excluding carboxylic acids is 1. The number of amides is 1. The van der Waals surface area contributed by atoms with Crippen LogP contribution in [0.1, 0.15) is 36.2 Å². The average molecular weight is 342 g/mol. The van der Waals surface area contributed by atoms with E-state index in [1.165, 1.54) is 19.2 Å². The summed E-state index contributed by atoms with van der Waals surface area (Å²) < 4.78 is 10.5. The molecular weight excluding hydrogens is 320 g/mol. The van der Waals surface area contributed by atoms with Gasteiger partial charge in [-0.15, -0.1) is 0 Å². The highest BCUT2D eigenvalue weighted by Crippen LogP contribution is 2.30. The van der Waals surface area contributed by atoms with Crippen LogP contribution in [0.3, 0.4) is 0 Å². The van der Waals surface area contributed by atoms with Crippen LogP contribution in [0, 0.1) is 0 Å². The zero-order valence-electron chi connectivity index (χ0n) is 14.4. The first kappa shape index (κ1) is 17.0.